The van der Waals surface area contributed by atoms with Crippen LogP contribution < -0.4 is 4.74 Å². The number of hydrogen-bond donors (Lipinski definition) is 0. The molecule has 140 valence electrons. The van der Waals surface area contributed by atoms with E-state index in [0.717, 1.165) is 29.8 Å². The van der Waals surface area contributed by atoms with Crippen molar-refractivity contribution in [3.05, 3.63) is 101 Å². The lowest BCUT2D eigenvalue weighted by Crippen LogP contribution is -2.03. The summed E-state index contributed by atoms with van der Waals surface area (Å²) in [4.78, 5) is -0.572. The van der Waals surface area contributed by atoms with Crippen molar-refractivity contribution in [3.63, 3.8) is 0 Å². The molecule has 0 heterocycles. The fourth-order valence-corrected chi connectivity index (χ4v) is 3.66. The highest BCUT2D eigenvalue weighted by Gasteiger charge is 2.20. The number of rotatable bonds is 6. The second-order valence-corrected chi connectivity index (χ2v) is 7.84. The molecule has 3 aromatic rings. The zero-order valence-electron chi connectivity index (χ0n) is 14.7. The molecular weight excluding hydrogens is 377 g/mol. The fourth-order valence-electron chi connectivity index (χ4n) is 2.50. The molecule has 0 saturated heterocycles. The molecule has 0 aromatic heterocycles. The van der Waals surface area contributed by atoms with E-state index in [2.05, 4.69) is 0 Å². The zero-order chi connectivity index (χ0) is 20.0. The Morgan fingerprint density at radius 3 is 2.39 bits per heavy atom. The molecule has 0 fully saturated rings. The van der Waals surface area contributed by atoms with Gasteiger partial charge in [0.05, 0.1) is 4.90 Å². The number of nitriles is 1. The number of halogens is 1. The number of ether oxygens (including phenoxy) is 1. The maximum atomic E-state index is 13.1. The van der Waals surface area contributed by atoms with Gasteiger partial charge in [0, 0.05) is 0 Å². The monoisotopic (exact) mass is 393 g/mol. The van der Waals surface area contributed by atoms with Crippen LogP contribution in [0.4, 0.5) is 4.39 Å². The summed E-state index contributed by atoms with van der Waals surface area (Å²) in [5.41, 5.74) is 1.51. The second-order valence-electron chi connectivity index (χ2n) is 5.92. The van der Waals surface area contributed by atoms with Crippen molar-refractivity contribution >= 4 is 15.9 Å². The highest BCUT2D eigenvalue weighted by atomic mass is 32.2. The van der Waals surface area contributed by atoms with E-state index in [1.54, 1.807) is 30.3 Å². The lowest BCUT2D eigenvalue weighted by molar-refractivity contribution is 0.306. The van der Waals surface area contributed by atoms with Gasteiger partial charge >= 0.3 is 0 Å². The minimum atomic E-state index is -4.04. The lowest BCUT2D eigenvalue weighted by Gasteiger charge is -2.07. The van der Waals surface area contributed by atoms with E-state index in [1.165, 1.54) is 6.08 Å². The summed E-state index contributed by atoms with van der Waals surface area (Å²) < 4.78 is 44.0. The van der Waals surface area contributed by atoms with Gasteiger partial charge in [-0.2, -0.15) is 5.26 Å². The van der Waals surface area contributed by atoms with Crippen molar-refractivity contribution in [2.24, 2.45) is 0 Å². The van der Waals surface area contributed by atoms with E-state index in [1.807, 2.05) is 30.3 Å². The predicted molar refractivity (Wildman–Crippen MR) is 104 cm³/mol. The Morgan fingerprint density at radius 2 is 1.71 bits per heavy atom. The smallest absolute Gasteiger partial charge is 0.216 e. The van der Waals surface area contributed by atoms with Crippen molar-refractivity contribution in [3.8, 4) is 11.8 Å². The molecule has 0 atom stereocenters. The third-order valence-corrected chi connectivity index (χ3v) is 5.61. The van der Waals surface area contributed by atoms with Gasteiger partial charge in [-0.1, -0.05) is 42.5 Å². The standard InChI is InChI=1S/C22H16FNO3S/c23-19-9-11-21(12-10-19)28(25,26)22(15-24)14-18-7-4-8-20(13-18)27-16-17-5-2-1-3-6-17/h1-14H,16H2. The van der Waals surface area contributed by atoms with Crippen molar-refractivity contribution in [1.29, 1.82) is 5.26 Å². The van der Waals surface area contributed by atoms with E-state index >= 15 is 0 Å². The quantitative estimate of drug-likeness (QED) is 0.448. The number of nitrogens with zero attached hydrogens (tertiary/aromatic N) is 1. The van der Waals surface area contributed by atoms with Crippen LogP contribution in [0.25, 0.3) is 6.08 Å². The molecule has 0 radical (unpaired) electrons. The first-order valence-electron chi connectivity index (χ1n) is 8.38. The van der Waals surface area contributed by atoms with E-state index in [4.69, 9.17) is 4.74 Å². The molecule has 0 spiro atoms. The van der Waals surface area contributed by atoms with Crippen molar-refractivity contribution < 1.29 is 17.5 Å². The van der Waals surface area contributed by atoms with Crippen LogP contribution in [0.15, 0.2) is 88.7 Å². The van der Waals surface area contributed by atoms with Gasteiger partial charge in [0.15, 0.2) is 0 Å². The van der Waals surface area contributed by atoms with Crippen LogP contribution in [0, 0.1) is 17.1 Å². The van der Waals surface area contributed by atoms with Crippen LogP contribution >= 0.6 is 0 Å². The van der Waals surface area contributed by atoms with Gasteiger partial charge < -0.3 is 4.74 Å². The fraction of sp³-hybridized carbons (Fsp3) is 0.0455. The van der Waals surface area contributed by atoms with Crippen LogP contribution in [-0.4, -0.2) is 8.42 Å². The topological polar surface area (TPSA) is 67.2 Å². The average molecular weight is 393 g/mol. The lowest BCUT2D eigenvalue weighted by atomic mass is 10.2. The first-order valence-corrected chi connectivity index (χ1v) is 9.86. The van der Waals surface area contributed by atoms with Crippen LogP contribution in [0.5, 0.6) is 5.75 Å². The van der Waals surface area contributed by atoms with Crippen molar-refractivity contribution in [1.82, 2.24) is 0 Å². The normalized spacial score (nSPS) is 11.6. The molecule has 3 aromatic carbocycles. The van der Waals surface area contributed by atoms with Gasteiger partial charge in [-0.05, 0) is 53.6 Å². The Bertz CT molecular complexity index is 1130. The summed E-state index contributed by atoms with van der Waals surface area (Å²) in [5.74, 6) is -0.00113. The Hall–Kier alpha value is -3.43. The predicted octanol–water partition coefficient (Wildman–Crippen LogP) is 4.74. The highest BCUT2D eigenvalue weighted by molar-refractivity contribution is 7.95. The van der Waals surface area contributed by atoms with Gasteiger partial charge in [-0.25, -0.2) is 12.8 Å². The van der Waals surface area contributed by atoms with E-state index in [-0.39, 0.29) is 4.90 Å². The average Bonchev–Trinajstić information content (AvgIpc) is 2.72. The van der Waals surface area contributed by atoms with Crippen LogP contribution in [0.2, 0.25) is 0 Å². The molecule has 0 N–H and O–H groups in total. The number of hydrogen-bond acceptors (Lipinski definition) is 4. The largest absolute Gasteiger partial charge is 0.489 e. The summed E-state index contributed by atoms with van der Waals surface area (Å²) in [6.45, 7) is 0.368. The second kappa shape index (κ2) is 8.51. The first kappa shape index (κ1) is 19.3. The van der Waals surface area contributed by atoms with Crippen LogP contribution in [0.1, 0.15) is 11.1 Å². The van der Waals surface area contributed by atoms with Crippen molar-refractivity contribution in [2.45, 2.75) is 11.5 Å². The van der Waals surface area contributed by atoms with E-state index in [9.17, 15) is 18.1 Å². The van der Waals surface area contributed by atoms with Crippen molar-refractivity contribution in [2.75, 3.05) is 0 Å². The Morgan fingerprint density at radius 1 is 1.00 bits per heavy atom. The summed E-state index contributed by atoms with van der Waals surface area (Å²) in [6.07, 6.45) is 1.27. The number of allylic oxidation sites excluding steroid dienone is 1. The molecular formula is C22H16FNO3S. The number of sulfone groups is 1. The molecule has 0 unspecified atom stereocenters. The van der Waals surface area contributed by atoms with Crippen LogP contribution in [-0.2, 0) is 16.4 Å². The maximum absolute atomic E-state index is 13.1. The Kier molecular flexibility index (Phi) is 5.87. The number of benzene rings is 3. The third-order valence-electron chi connectivity index (χ3n) is 3.93. The minimum Gasteiger partial charge on any atom is -0.489 e. The van der Waals surface area contributed by atoms with Gasteiger partial charge in [0.25, 0.3) is 0 Å². The summed E-state index contributed by atoms with van der Waals surface area (Å²) in [6, 6.07) is 22.5. The molecule has 28 heavy (non-hydrogen) atoms. The first-order chi connectivity index (χ1) is 13.5. The molecule has 0 amide bonds. The molecule has 3 rings (SSSR count). The molecule has 6 heteroatoms. The van der Waals surface area contributed by atoms with E-state index < -0.39 is 20.6 Å². The molecule has 0 aliphatic carbocycles. The van der Waals surface area contributed by atoms with Gasteiger partial charge in [-0.15, -0.1) is 0 Å². The molecule has 0 saturated carbocycles. The van der Waals surface area contributed by atoms with Gasteiger partial charge in [0.1, 0.15) is 29.1 Å². The zero-order valence-corrected chi connectivity index (χ0v) is 15.6. The SMILES string of the molecule is N#CC(=Cc1cccc(OCc2ccccc2)c1)S(=O)(=O)c1ccc(F)cc1. The maximum Gasteiger partial charge on any atom is 0.216 e. The highest BCUT2D eigenvalue weighted by Crippen LogP contribution is 2.23. The summed E-state index contributed by atoms with van der Waals surface area (Å²) in [7, 11) is -4.04. The summed E-state index contributed by atoms with van der Waals surface area (Å²) in [5, 5.41) is 9.36. The Labute approximate surface area is 163 Å². The molecule has 0 aliphatic heterocycles. The molecule has 0 aliphatic rings. The van der Waals surface area contributed by atoms with E-state index in [0.29, 0.717) is 17.9 Å². The third kappa shape index (κ3) is 4.64. The minimum absolute atomic E-state index is 0.141. The van der Waals surface area contributed by atoms with Gasteiger partial charge in [0.2, 0.25) is 9.84 Å². The molecule has 0 bridgehead atoms. The molecule has 4 nitrogen and oxygen atoms in total. The van der Waals surface area contributed by atoms with Gasteiger partial charge in [-0.3, -0.25) is 0 Å². The van der Waals surface area contributed by atoms with Crippen LogP contribution in [0.3, 0.4) is 0 Å². The summed E-state index contributed by atoms with van der Waals surface area (Å²) >= 11 is 0. The Balaban J connectivity index is 1.84.